The molecule has 108 valence electrons. The molecule has 0 heterocycles. The number of hydrogen-bond acceptors (Lipinski definition) is 3. The molecule has 1 aromatic rings. The molecule has 1 unspecified atom stereocenters. The number of alkyl halides is 1. The molecular weight excluding hydrogens is 313 g/mol. The third kappa shape index (κ3) is 2.72. The first-order chi connectivity index (χ1) is 8.72. The Labute approximate surface area is 122 Å². The molecule has 0 spiro atoms. The zero-order valence-electron chi connectivity index (χ0n) is 12.0. The molecule has 0 saturated heterocycles. The van der Waals surface area contributed by atoms with E-state index in [0.29, 0.717) is 21.5 Å². The summed E-state index contributed by atoms with van der Waals surface area (Å²) in [6, 6.07) is 3.37. The van der Waals surface area contributed by atoms with Crippen LogP contribution in [0.4, 0.5) is 4.39 Å². The third-order valence-electron chi connectivity index (χ3n) is 3.38. The Kier molecular flexibility index (Phi) is 4.85. The van der Waals surface area contributed by atoms with Crippen LogP contribution in [0.15, 0.2) is 16.6 Å². The van der Waals surface area contributed by atoms with Crippen molar-refractivity contribution in [2.24, 2.45) is 11.1 Å². The second-order valence-electron chi connectivity index (χ2n) is 5.42. The van der Waals surface area contributed by atoms with Gasteiger partial charge in [-0.05, 0) is 28.1 Å². The van der Waals surface area contributed by atoms with Gasteiger partial charge in [-0.3, -0.25) is 0 Å². The van der Waals surface area contributed by atoms with E-state index in [2.05, 4.69) is 15.9 Å². The Morgan fingerprint density at radius 1 is 1.21 bits per heavy atom. The van der Waals surface area contributed by atoms with Gasteiger partial charge in [-0.1, -0.05) is 20.8 Å². The molecule has 0 aliphatic heterocycles. The van der Waals surface area contributed by atoms with Crippen molar-refractivity contribution in [2.45, 2.75) is 26.4 Å². The molecule has 0 radical (unpaired) electrons. The average molecular weight is 334 g/mol. The van der Waals surface area contributed by atoms with Gasteiger partial charge in [-0.2, -0.15) is 0 Å². The molecule has 0 saturated carbocycles. The predicted molar refractivity (Wildman–Crippen MR) is 78.5 cm³/mol. The van der Waals surface area contributed by atoms with Crippen LogP contribution in [0.2, 0.25) is 0 Å². The van der Waals surface area contributed by atoms with Gasteiger partial charge in [0, 0.05) is 17.5 Å². The van der Waals surface area contributed by atoms with E-state index in [4.69, 9.17) is 15.2 Å². The summed E-state index contributed by atoms with van der Waals surface area (Å²) in [4.78, 5) is 0. The van der Waals surface area contributed by atoms with Crippen LogP contribution < -0.4 is 15.2 Å². The number of rotatable bonds is 4. The fraction of sp³-hybridized carbons (Fsp3) is 0.571. The van der Waals surface area contributed by atoms with Crippen LogP contribution in [0.3, 0.4) is 0 Å². The monoisotopic (exact) mass is 333 g/mol. The Morgan fingerprint density at radius 3 is 2.16 bits per heavy atom. The fourth-order valence-electron chi connectivity index (χ4n) is 2.03. The number of ether oxygens (including phenoxy) is 2. The maximum Gasteiger partial charge on any atom is 0.156 e. The minimum Gasteiger partial charge on any atom is -0.495 e. The van der Waals surface area contributed by atoms with Crippen LogP contribution in [0.1, 0.15) is 26.3 Å². The van der Waals surface area contributed by atoms with Crippen molar-refractivity contribution in [1.29, 1.82) is 0 Å². The van der Waals surface area contributed by atoms with Gasteiger partial charge in [0.15, 0.2) is 5.67 Å². The van der Waals surface area contributed by atoms with Crippen molar-refractivity contribution in [3.8, 4) is 11.5 Å². The molecule has 1 rings (SSSR count). The summed E-state index contributed by atoms with van der Waals surface area (Å²) in [7, 11) is 3.05. The molecule has 0 fully saturated rings. The highest BCUT2D eigenvalue weighted by Gasteiger charge is 2.45. The lowest BCUT2D eigenvalue weighted by molar-refractivity contribution is 0.0317. The summed E-state index contributed by atoms with van der Waals surface area (Å²) in [5, 5.41) is 0. The van der Waals surface area contributed by atoms with Crippen molar-refractivity contribution in [2.75, 3.05) is 20.8 Å². The number of halogens is 2. The van der Waals surface area contributed by atoms with E-state index < -0.39 is 11.1 Å². The van der Waals surface area contributed by atoms with E-state index in [1.165, 1.54) is 7.11 Å². The summed E-state index contributed by atoms with van der Waals surface area (Å²) in [6.45, 7) is 5.33. The fourth-order valence-corrected chi connectivity index (χ4v) is 2.70. The minimum absolute atomic E-state index is 0.119. The molecule has 1 atom stereocenters. The summed E-state index contributed by atoms with van der Waals surface area (Å²) in [5.74, 6) is 1.01. The second kappa shape index (κ2) is 5.67. The van der Waals surface area contributed by atoms with E-state index in [1.54, 1.807) is 19.2 Å². The van der Waals surface area contributed by atoms with Gasteiger partial charge in [-0.25, -0.2) is 4.39 Å². The van der Waals surface area contributed by atoms with Crippen LogP contribution in [0.25, 0.3) is 0 Å². The lowest BCUT2D eigenvalue weighted by atomic mass is 9.73. The standard InChI is InChI=1S/C14H21BrFNO2/c1-13(2,3)14(16,8-17)9-6-7-10(18-4)11(15)12(9)19-5/h6-7H,8,17H2,1-5H3. The Balaban J connectivity index is 3.54. The largest absolute Gasteiger partial charge is 0.495 e. The van der Waals surface area contributed by atoms with Crippen molar-refractivity contribution in [1.82, 2.24) is 0 Å². The predicted octanol–water partition coefficient (Wildman–Crippen LogP) is 3.64. The van der Waals surface area contributed by atoms with Gasteiger partial charge in [0.05, 0.1) is 14.2 Å². The average Bonchev–Trinajstić information content (AvgIpc) is 2.35. The molecule has 19 heavy (non-hydrogen) atoms. The number of methoxy groups -OCH3 is 2. The van der Waals surface area contributed by atoms with Crippen LogP contribution in [0, 0.1) is 5.41 Å². The molecule has 0 aromatic heterocycles. The molecule has 0 aliphatic rings. The molecular formula is C14H21BrFNO2. The lowest BCUT2D eigenvalue weighted by Gasteiger charge is -2.38. The summed E-state index contributed by atoms with van der Waals surface area (Å²) in [5.41, 5.74) is 3.78. The van der Waals surface area contributed by atoms with Gasteiger partial charge in [0.1, 0.15) is 16.0 Å². The molecule has 0 bridgehead atoms. The summed E-state index contributed by atoms with van der Waals surface area (Å²) < 4.78 is 26.5. The topological polar surface area (TPSA) is 44.5 Å². The molecule has 3 nitrogen and oxygen atoms in total. The highest BCUT2D eigenvalue weighted by Crippen LogP contribution is 2.49. The van der Waals surface area contributed by atoms with E-state index >= 15 is 4.39 Å². The maximum atomic E-state index is 15.4. The zero-order valence-corrected chi connectivity index (χ0v) is 13.6. The van der Waals surface area contributed by atoms with Crippen molar-refractivity contribution >= 4 is 15.9 Å². The van der Waals surface area contributed by atoms with E-state index in [1.807, 2.05) is 20.8 Å². The van der Waals surface area contributed by atoms with Gasteiger partial charge in [-0.15, -0.1) is 0 Å². The molecule has 1 aromatic carbocycles. The molecule has 0 amide bonds. The van der Waals surface area contributed by atoms with Crippen LogP contribution in [-0.2, 0) is 5.67 Å². The Hall–Kier alpha value is -0.810. The summed E-state index contributed by atoms with van der Waals surface area (Å²) in [6.07, 6.45) is 0. The van der Waals surface area contributed by atoms with Crippen molar-refractivity contribution in [3.05, 3.63) is 22.2 Å². The maximum absolute atomic E-state index is 15.4. The SMILES string of the molecule is COc1ccc(C(F)(CN)C(C)(C)C)c(OC)c1Br. The highest BCUT2D eigenvalue weighted by molar-refractivity contribution is 9.10. The number of hydrogen-bond donors (Lipinski definition) is 1. The lowest BCUT2D eigenvalue weighted by Crippen LogP contribution is -2.42. The number of benzene rings is 1. The normalized spacial score (nSPS) is 14.9. The van der Waals surface area contributed by atoms with Crippen LogP contribution in [-0.4, -0.2) is 20.8 Å². The highest BCUT2D eigenvalue weighted by atomic mass is 79.9. The van der Waals surface area contributed by atoms with Gasteiger partial charge < -0.3 is 15.2 Å². The van der Waals surface area contributed by atoms with Crippen LogP contribution >= 0.6 is 15.9 Å². The van der Waals surface area contributed by atoms with E-state index in [9.17, 15) is 0 Å². The smallest absolute Gasteiger partial charge is 0.156 e. The van der Waals surface area contributed by atoms with Gasteiger partial charge in [0.25, 0.3) is 0 Å². The third-order valence-corrected chi connectivity index (χ3v) is 4.13. The minimum atomic E-state index is -1.69. The Bertz CT molecular complexity index is 459. The Morgan fingerprint density at radius 2 is 1.79 bits per heavy atom. The first-order valence-electron chi connectivity index (χ1n) is 6.03. The van der Waals surface area contributed by atoms with Gasteiger partial charge >= 0.3 is 0 Å². The molecule has 0 aliphatic carbocycles. The van der Waals surface area contributed by atoms with E-state index in [-0.39, 0.29) is 6.54 Å². The number of nitrogens with two attached hydrogens (primary N) is 1. The first kappa shape index (κ1) is 16.2. The second-order valence-corrected chi connectivity index (χ2v) is 6.21. The first-order valence-corrected chi connectivity index (χ1v) is 6.82. The molecule has 5 heteroatoms. The molecule has 2 N–H and O–H groups in total. The summed E-state index contributed by atoms with van der Waals surface area (Å²) >= 11 is 3.38. The van der Waals surface area contributed by atoms with Crippen LogP contribution in [0.5, 0.6) is 11.5 Å². The van der Waals surface area contributed by atoms with E-state index in [0.717, 1.165) is 0 Å². The zero-order chi connectivity index (χ0) is 14.8. The van der Waals surface area contributed by atoms with Crippen molar-refractivity contribution in [3.63, 3.8) is 0 Å². The quantitative estimate of drug-likeness (QED) is 0.914. The van der Waals surface area contributed by atoms with Crippen molar-refractivity contribution < 1.29 is 13.9 Å². The van der Waals surface area contributed by atoms with Gasteiger partial charge in [0.2, 0.25) is 0 Å².